The molecule has 5 N–H and O–H groups in total. The summed E-state index contributed by atoms with van der Waals surface area (Å²) in [5.41, 5.74) is 10.5. The number of hydrogen-bond donors (Lipinski definition) is 5. The van der Waals surface area contributed by atoms with Crippen LogP contribution in [0.15, 0.2) is 79.1 Å². The fourth-order valence-corrected chi connectivity index (χ4v) is 7.74. The van der Waals surface area contributed by atoms with Crippen molar-refractivity contribution in [1.82, 2.24) is 30.7 Å². The van der Waals surface area contributed by atoms with E-state index in [4.69, 9.17) is 10.0 Å². The first-order valence-corrected chi connectivity index (χ1v) is 20.5. The summed E-state index contributed by atoms with van der Waals surface area (Å²) < 4.78 is 4.16. The molecule has 2 aromatic heterocycles. The number of aryl methyl sites for hydroxylation is 4. The largest absolute Gasteiger partial charge is 0.349 e. The molecule has 5 aromatic rings. The Kier molecular flexibility index (Phi) is 15.2. The van der Waals surface area contributed by atoms with Gasteiger partial charge in [-0.05, 0) is 68.1 Å². The van der Waals surface area contributed by atoms with Gasteiger partial charge < -0.3 is 19.8 Å². The molecule has 14 nitrogen and oxygen atoms in total. The summed E-state index contributed by atoms with van der Waals surface area (Å²) in [5.74, 6) is -2.76. The third-order valence-corrected chi connectivity index (χ3v) is 10.7. The van der Waals surface area contributed by atoms with Crippen molar-refractivity contribution < 1.29 is 40.2 Å². The minimum absolute atomic E-state index is 0. The van der Waals surface area contributed by atoms with Crippen LogP contribution in [0.1, 0.15) is 103 Å². The number of nitrogens with zero attached hydrogens (tertiary/aromatic N) is 2. The van der Waals surface area contributed by atoms with E-state index in [0.717, 1.165) is 79.0 Å². The molecule has 0 saturated heterocycles. The zero-order chi connectivity index (χ0) is 41.6. The van der Waals surface area contributed by atoms with Crippen LogP contribution in [0.2, 0.25) is 0 Å². The molecule has 14 heteroatoms. The van der Waals surface area contributed by atoms with Gasteiger partial charge in [-0.3, -0.25) is 38.8 Å². The smallest absolute Gasteiger partial charge is 0.292 e. The number of benzene rings is 3. The Bertz CT molecular complexity index is 2300. The van der Waals surface area contributed by atoms with Gasteiger partial charge in [0, 0.05) is 63.6 Å². The summed E-state index contributed by atoms with van der Waals surface area (Å²) in [6.07, 6.45) is 12.4. The summed E-state index contributed by atoms with van der Waals surface area (Å²) in [7, 11) is 0. The molecule has 0 radical (unpaired) electrons. The lowest BCUT2D eigenvalue weighted by atomic mass is 10.0. The zero-order valence-corrected chi connectivity index (χ0v) is 33.2. The van der Waals surface area contributed by atoms with E-state index in [0.29, 0.717) is 62.9 Å². The number of amides is 4. The van der Waals surface area contributed by atoms with Gasteiger partial charge in [0.2, 0.25) is 11.8 Å². The number of carbonyl (C=O) groups excluding carboxylic acids is 6. The number of rotatable bonds is 19. The van der Waals surface area contributed by atoms with Gasteiger partial charge in [-0.15, -0.1) is 0 Å². The predicted octanol–water partition coefficient (Wildman–Crippen LogP) is 5.89. The molecule has 7 rings (SSSR count). The first-order chi connectivity index (χ1) is 28.7. The number of nitrogens with one attached hydrogen (secondary N) is 4. The van der Waals surface area contributed by atoms with Gasteiger partial charge in [0.1, 0.15) is 0 Å². The molecule has 2 aliphatic heterocycles. The number of hydrogen-bond acceptors (Lipinski definition) is 8. The van der Waals surface area contributed by atoms with E-state index in [9.17, 15) is 28.8 Å². The lowest BCUT2D eigenvalue weighted by Crippen LogP contribution is -2.31. The third-order valence-electron chi connectivity index (χ3n) is 10.7. The maximum absolute atomic E-state index is 12.7. The summed E-state index contributed by atoms with van der Waals surface area (Å²) in [5, 5.41) is 15.5. The van der Waals surface area contributed by atoms with Crippen LogP contribution in [0.4, 0.5) is 0 Å². The first kappa shape index (κ1) is 42.5. The number of hydroxylamine groups is 2. The average molecular weight is 807 g/mol. The Morgan fingerprint density at radius 1 is 0.610 bits per heavy atom. The molecule has 0 atom stereocenters. The van der Waals surface area contributed by atoms with Gasteiger partial charge in [-0.2, -0.15) is 0 Å². The molecular weight excluding hydrogens is 753 g/mol. The maximum atomic E-state index is 12.7. The molecule has 2 aliphatic rings. The number of aromatic nitrogens is 2. The van der Waals surface area contributed by atoms with E-state index in [1.165, 1.54) is 11.1 Å². The number of para-hydroxylation sites is 2. The Morgan fingerprint density at radius 2 is 1.12 bits per heavy atom. The van der Waals surface area contributed by atoms with Crippen LogP contribution in [0.3, 0.4) is 0 Å². The van der Waals surface area contributed by atoms with Crippen molar-refractivity contribution in [2.45, 2.75) is 96.7 Å². The average Bonchev–Trinajstić information content (AvgIpc) is 3.84. The van der Waals surface area contributed by atoms with Crippen LogP contribution < -0.4 is 21.6 Å². The van der Waals surface area contributed by atoms with Crippen LogP contribution in [-0.4, -0.2) is 62.6 Å². The topological polar surface area (TPSA) is 190 Å². The number of carbonyl (C=O) groups is 6. The summed E-state index contributed by atoms with van der Waals surface area (Å²) in [6, 6.07) is 21.5. The first-order valence-electron chi connectivity index (χ1n) is 20.5. The van der Waals surface area contributed by atoms with Crippen molar-refractivity contribution >= 4 is 57.0 Å². The van der Waals surface area contributed by atoms with E-state index in [-0.39, 0.29) is 13.8 Å². The van der Waals surface area contributed by atoms with Crippen LogP contribution in [0.25, 0.3) is 21.8 Å². The zero-order valence-electron chi connectivity index (χ0n) is 33.2. The molecule has 3 aromatic carbocycles. The Balaban J connectivity index is 0.000000230. The van der Waals surface area contributed by atoms with Gasteiger partial charge >= 0.3 is 0 Å². The molecule has 0 aliphatic carbocycles. The number of Topliss-reactive ketones (excluding diaryl/α,β-unsaturated/α-hetero) is 2. The second-order valence-electron chi connectivity index (χ2n) is 14.9. The summed E-state index contributed by atoms with van der Waals surface area (Å²) >= 11 is 0. The second kappa shape index (κ2) is 21.0. The third kappa shape index (κ3) is 11.1. The lowest BCUT2D eigenvalue weighted by Gasteiger charge is -2.14. The Labute approximate surface area is 344 Å². The lowest BCUT2D eigenvalue weighted by molar-refractivity contribution is -0.134. The van der Waals surface area contributed by atoms with E-state index in [2.05, 4.69) is 37.4 Å². The summed E-state index contributed by atoms with van der Waals surface area (Å²) in [6.45, 7) is 2.85. The van der Waals surface area contributed by atoms with Crippen molar-refractivity contribution in [1.29, 1.82) is 0 Å². The highest BCUT2D eigenvalue weighted by Gasteiger charge is 2.25. The maximum Gasteiger partial charge on any atom is 0.292 e. The molecule has 0 fully saturated rings. The van der Waals surface area contributed by atoms with Crippen molar-refractivity contribution in [2.24, 2.45) is 0 Å². The van der Waals surface area contributed by atoms with Crippen molar-refractivity contribution in [3.63, 3.8) is 0 Å². The van der Waals surface area contributed by atoms with E-state index in [1.54, 1.807) is 11.7 Å². The molecule has 4 amide bonds. The normalized spacial score (nSPS) is 12.6. The Morgan fingerprint density at radius 3 is 1.63 bits per heavy atom. The van der Waals surface area contributed by atoms with Crippen LogP contribution >= 0.6 is 0 Å². The van der Waals surface area contributed by atoms with E-state index in [1.807, 2.05) is 60.8 Å². The number of ketones is 2. The summed E-state index contributed by atoms with van der Waals surface area (Å²) in [4.78, 5) is 77.8. The van der Waals surface area contributed by atoms with Crippen LogP contribution in [0, 0.1) is 0 Å². The molecule has 0 bridgehead atoms. The van der Waals surface area contributed by atoms with E-state index < -0.39 is 29.3 Å². The molecular formula is C45H54N6O8. The van der Waals surface area contributed by atoms with Crippen molar-refractivity contribution in [3.8, 4) is 0 Å². The van der Waals surface area contributed by atoms with Gasteiger partial charge in [0.25, 0.3) is 23.4 Å². The SMILES string of the molecule is O=C(CCCCCNC(=O)C(=O)c1cn2c3c(cccc13)CCC2)NO.O=C(CCCCCNC(=O)C(=O)c1cn2c3c(cccc13)CCC2)NOCc1ccccc1.[HH]. The Hall–Kier alpha value is -6.12. The van der Waals surface area contributed by atoms with Crippen molar-refractivity contribution in [3.05, 3.63) is 107 Å². The molecule has 0 spiro atoms. The highest BCUT2D eigenvalue weighted by molar-refractivity contribution is 6.45. The molecule has 0 saturated carbocycles. The number of unbranched alkanes of at least 4 members (excludes halogenated alkanes) is 4. The molecule has 312 valence electrons. The fraction of sp³-hybridized carbons (Fsp3) is 0.378. The van der Waals surface area contributed by atoms with Crippen molar-refractivity contribution in [2.75, 3.05) is 13.1 Å². The standard InChI is InChI=1S/C26H29N3O4.C19H23N3O4.H2/c30-23(28-33-18-19-9-3-1-4-10-19)14-5-2-6-15-27-26(32)25(31)22-17-29-16-8-12-20-11-7-13-21(22)24(20)29;23-16(21-26)9-2-1-3-10-20-19(25)18(24)15-12-22-11-5-7-13-6-4-8-14(15)17(13)22;/h1,3-4,7,9-11,13,17H,2,5-6,8,12,14-16,18H2,(H,27,32)(H,28,30);4,6,8,12,26H,1-3,5,7,9-11H2,(H,20,25)(H,21,23);1H. The molecule has 0 unspecified atom stereocenters. The monoisotopic (exact) mass is 806 g/mol. The van der Waals surface area contributed by atoms with Gasteiger partial charge in [-0.1, -0.05) is 79.6 Å². The van der Waals surface area contributed by atoms with Crippen LogP contribution in [0.5, 0.6) is 0 Å². The van der Waals surface area contributed by atoms with E-state index >= 15 is 0 Å². The van der Waals surface area contributed by atoms with Gasteiger partial charge in [0.05, 0.1) is 28.8 Å². The molecule has 4 heterocycles. The van der Waals surface area contributed by atoms with Gasteiger partial charge in [-0.25, -0.2) is 11.0 Å². The molecule has 59 heavy (non-hydrogen) atoms. The van der Waals surface area contributed by atoms with Gasteiger partial charge in [0.15, 0.2) is 0 Å². The van der Waals surface area contributed by atoms with Crippen LogP contribution in [-0.2, 0) is 56.6 Å². The quantitative estimate of drug-likeness (QED) is 0.0224. The highest BCUT2D eigenvalue weighted by Crippen LogP contribution is 2.31. The second-order valence-corrected chi connectivity index (χ2v) is 14.9. The minimum atomic E-state index is -0.596. The predicted molar refractivity (Wildman–Crippen MR) is 224 cm³/mol. The minimum Gasteiger partial charge on any atom is -0.349 e. The highest BCUT2D eigenvalue weighted by atomic mass is 16.6. The fourth-order valence-electron chi connectivity index (χ4n) is 7.74.